The maximum Gasteiger partial charge on any atom is 0.344 e. The molecule has 33 heavy (non-hydrogen) atoms. The molecule has 0 spiro atoms. The molecule has 0 saturated carbocycles. The van der Waals surface area contributed by atoms with Gasteiger partial charge in [0.1, 0.15) is 24.4 Å². The lowest BCUT2D eigenvalue weighted by Crippen LogP contribution is -2.40. The first-order valence-corrected chi connectivity index (χ1v) is 13.2. The summed E-state index contributed by atoms with van der Waals surface area (Å²) < 4.78 is 20.6. The van der Waals surface area contributed by atoms with Gasteiger partial charge >= 0.3 is 31.5 Å². The second-order valence-electron chi connectivity index (χ2n) is 7.55. The van der Waals surface area contributed by atoms with Crippen LogP contribution >= 0.6 is 25.8 Å². The topological polar surface area (TPSA) is 216 Å². The molecule has 0 aromatic carbocycles. The van der Waals surface area contributed by atoms with E-state index in [1.54, 1.807) is 0 Å². The van der Waals surface area contributed by atoms with Crippen molar-refractivity contribution in [3.8, 4) is 0 Å². The van der Waals surface area contributed by atoms with E-state index in [2.05, 4.69) is 18.5 Å². The van der Waals surface area contributed by atoms with Crippen LogP contribution in [-0.4, -0.2) is 89.3 Å². The molecule has 6 atom stereocenters. The zero-order valence-electron chi connectivity index (χ0n) is 17.4. The van der Waals surface area contributed by atoms with Crippen molar-refractivity contribution < 1.29 is 47.7 Å². The molecule has 1 aromatic rings. The van der Waals surface area contributed by atoms with Crippen LogP contribution in [0, 0.1) is 0 Å². The Kier molecular flexibility index (Phi) is 9.85. The number of nitrogens with zero attached hydrogens (tertiary/aromatic N) is 2. The molecule has 0 aliphatic carbocycles. The van der Waals surface area contributed by atoms with Crippen molar-refractivity contribution in [1.82, 2.24) is 14.5 Å². The fourth-order valence-electron chi connectivity index (χ4n) is 3.69. The Bertz CT molecular complexity index is 895. The molecule has 15 nitrogen and oxygen atoms in total. The third-order valence-electron chi connectivity index (χ3n) is 5.38. The van der Waals surface area contributed by atoms with Crippen molar-refractivity contribution in [2.24, 2.45) is 0 Å². The van der Waals surface area contributed by atoms with E-state index >= 15 is 0 Å². The summed E-state index contributed by atoms with van der Waals surface area (Å²) in [6.07, 6.45) is -2.77. The summed E-state index contributed by atoms with van der Waals surface area (Å²) in [5, 5.41) is 20.8. The second-order valence-corrected chi connectivity index (χ2v) is 10.6. The van der Waals surface area contributed by atoms with E-state index in [1.165, 1.54) is 10.8 Å². The van der Waals surface area contributed by atoms with Gasteiger partial charge < -0.3 is 43.9 Å². The van der Waals surface area contributed by atoms with Crippen LogP contribution in [0.25, 0.3) is 0 Å². The summed E-state index contributed by atoms with van der Waals surface area (Å²) in [6, 6.07) is -0.142. The number of piperidine rings is 1. The van der Waals surface area contributed by atoms with Crippen LogP contribution < -0.4 is 11.2 Å². The maximum atomic E-state index is 12.4. The summed E-state index contributed by atoms with van der Waals surface area (Å²) in [6.45, 7) is 1.05. The SMILES string of the molecule is CN1CCC(n2cc(C3OC(COP(O)OP(O)OP(O)O)C(O)C3O)c(=O)[nH]c2=O)CC1. The van der Waals surface area contributed by atoms with Gasteiger partial charge in [0.05, 0.1) is 12.2 Å². The number of aliphatic hydroxyl groups excluding tert-OH is 2. The molecule has 2 aliphatic rings. The number of aromatic nitrogens is 2. The molecule has 0 bridgehead atoms. The first-order valence-electron chi connectivity index (χ1n) is 9.77. The molecular formula is C15H26N3O12P3. The molecule has 6 unspecified atom stereocenters. The number of nitrogens with one attached hydrogen (secondary N) is 1. The van der Waals surface area contributed by atoms with E-state index < -0.39 is 68.1 Å². The van der Waals surface area contributed by atoms with Crippen LogP contribution in [-0.2, 0) is 17.9 Å². The van der Waals surface area contributed by atoms with Gasteiger partial charge in [0.2, 0.25) is 0 Å². The number of likely N-dealkylation sites (tertiary alicyclic amines) is 1. The van der Waals surface area contributed by atoms with E-state index in [4.69, 9.17) is 19.0 Å². The van der Waals surface area contributed by atoms with Crippen LogP contribution in [0.4, 0.5) is 0 Å². The van der Waals surface area contributed by atoms with Crippen molar-refractivity contribution in [2.75, 3.05) is 26.7 Å². The molecule has 2 saturated heterocycles. The standard InChI is InChI=1S/C15H26N3O12P3/c1-17-4-2-8(3-5-17)18-6-9(14(21)16-15(18)22)13-12(20)11(19)10(28-13)7-27-32(25)30-33(26)29-31(23)24/h6,8,10-13,19-20,23-26H,2-5,7H2,1H3,(H,16,21,22). The first-order chi connectivity index (χ1) is 15.6. The van der Waals surface area contributed by atoms with E-state index in [-0.39, 0.29) is 11.6 Å². The van der Waals surface area contributed by atoms with Gasteiger partial charge in [0, 0.05) is 12.2 Å². The predicted molar refractivity (Wildman–Crippen MR) is 114 cm³/mol. The van der Waals surface area contributed by atoms with Gasteiger partial charge in [-0.3, -0.25) is 14.3 Å². The minimum absolute atomic E-state index is 0.0448. The zero-order chi connectivity index (χ0) is 24.3. The van der Waals surface area contributed by atoms with Crippen LogP contribution in [0.2, 0.25) is 0 Å². The third kappa shape index (κ3) is 7.03. The van der Waals surface area contributed by atoms with Gasteiger partial charge in [-0.15, -0.1) is 0 Å². The Hall–Kier alpha value is -0.470. The summed E-state index contributed by atoms with van der Waals surface area (Å²) >= 11 is 0. The largest absolute Gasteiger partial charge is 0.387 e. The number of hydrogen-bond acceptors (Lipinski definition) is 13. The number of rotatable bonds is 9. The highest BCUT2D eigenvalue weighted by molar-refractivity contribution is 7.60. The first kappa shape index (κ1) is 27.1. The average Bonchev–Trinajstić information content (AvgIpc) is 3.01. The molecule has 18 heteroatoms. The quantitative estimate of drug-likeness (QED) is 0.183. The van der Waals surface area contributed by atoms with E-state index in [0.717, 1.165) is 13.1 Å². The van der Waals surface area contributed by atoms with Crippen molar-refractivity contribution in [1.29, 1.82) is 0 Å². The summed E-state index contributed by atoms with van der Waals surface area (Å²) in [5.74, 6) is 0. The van der Waals surface area contributed by atoms with Gasteiger partial charge in [-0.1, -0.05) is 0 Å². The Morgan fingerprint density at radius 2 is 1.76 bits per heavy atom. The molecular weight excluding hydrogens is 507 g/mol. The zero-order valence-corrected chi connectivity index (χ0v) is 20.1. The minimum atomic E-state index is -2.91. The highest BCUT2D eigenvalue weighted by atomic mass is 31.3. The van der Waals surface area contributed by atoms with Crippen LogP contribution in [0.5, 0.6) is 0 Å². The normalized spacial score (nSPS) is 29.0. The van der Waals surface area contributed by atoms with Gasteiger partial charge in [-0.2, -0.15) is 0 Å². The highest BCUT2D eigenvalue weighted by Crippen LogP contribution is 2.55. The lowest BCUT2D eigenvalue weighted by Gasteiger charge is -2.30. The number of H-pyrrole nitrogens is 1. The van der Waals surface area contributed by atoms with Crippen molar-refractivity contribution in [3.05, 3.63) is 32.6 Å². The molecule has 7 N–H and O–H groups in total. The fourth-order valence-corrected chi connectivity index (χ4v) is 5.52. The molecule has 1 aromatic heterocycles. The Labute approximate surface area is 191 Å². The molecule has 2 aliphatic heterocycles. The Morgan fingerprint density at radius 3 is 2.39 bits per heavy atom. The molecule has 188 valence electrons. The smallest absolute Gasteiger partial charge is 0.344 e. The van der Waals surface area contributed by atoms with Gasteiger partial charge in [-0.05, 0) is 33.0 Å². The van der Waals surface area contributed by atoms with Gasteiger partial charge in [0.15, 0.2) is 0 Å². The van der Waals surface area contributed by atoms with E-state index in [9.17, 15) is 29.6 Å². The van der Waals surface area contributed by atoms with Gasteiger partial charge in [-0.25, -0.2) is 13.4 Å². The monoisotopic (exact) mass is 533 g/mol. The maximum absolute atomic E-state index is 12.4. The second kappa shape index (κ2) is 12.0. The number of ether oxygens (including phenoxy) is 1. The Balaban J connectivity index is 1.67. The van der Waals surface area contributed by atoms with Gasteiger partial charge in [0.25, 0.3) is 5.56 Å². The molecule has 0 amide bonds. The van der Waals surface area contributed by atoms with E-state index in [0.29, 0.717) is 12.8 Å². The van der Waals surface area contributed by atoms with Crippen molar-refractivity contribution in [2.45, 2.75) is 43.3 Å². The van der Waals surface area contributed by atoms with E-state index in [1.807, 2.05) is 7.05 Å². The fraction of sp³-hybridized carbons (Fsp3) is 0.733. The minimum Gasteiger partial charge on any atom is -0.387 e. The van der Waals surface area contributed by atoms with Crippen LogP contribution in [0.15, 0.2) is 15.8 Å². The Morgan fingerprint density at radius 1 is 1.09 bits per heavy atom. The number of aromatic amines is 1. The molecule has 3 rings (SSSR count). The van der Waals surface area contributed by atoms with Crippen LogP contribution in [0.1, 0.15) is 30.6 Å². The number of aliphatic hydroxyl groups is 2. The summed E-state index contributed by atoms with van der Waals surface area (Å²) in [5.41, 5.74) is -1.38. The highest BCUT2D eigenvalue weighted by Gasteiger charge is 2.45. The van der Waals surface area contributed by atoms with Crippen molar-refractivity contribution in [3.63, 3.8) is 0 Å². The number of hydrogen-bond donors (Lipinski definition) is 7. The lowest BCUT2D eigenvalue weighted by atomic mass is 10.0. The third-order valence-corrected chi connectivity index (χ3v) is 8.01. The lowest BCUT2D eigenvalue weighted by molar-refractivity contribution is -0.0194. The summed E-state index contributed by atoms with van der Waals surface area (Å²) in [4.78, 5) is 65.3. The molecule has 0 radical (unpaired) electrons. The molecule has 2 fully saturated rings. The summed E-state index contributed by atoms with van der Waals surface area (Å²) in [7, 11) is -6.50. The van der Waals surface area contributed by atoms with Crippen molar-refractivity contribution >= 4 is 25.8 Å². The predicted octanol–water partition coefficient (Wildman–Crippen LogP) is -1.34. The van der Waals surface area contributed by atoms with Crippen LogP contribution in [0.3, 0.4) is 0 Å². The average molecular weight is 533 g/mol. The molecule has 3 heterocycles.